The van der Waals surface area contributed by atoms with E-state index in [0.29, 0.717) is 6.04 Å². The maximum Gasteiger partial charge on any atom is 0.108 e. The summed E-state index contributed by atoms with van der Waals surface area (Å²) in [5.74, 6) is 1.06. The topological polar surface area (TPSA) is 44.0 Å². The molecule has 5 heteroatoms. The number of nitrogens with zero attached hydrogens (tertiary/aromatic N) is 2. The van der Waals surface area contributed by atoms with Crippen molar-refractivity contribution in [3.63, 3.8) is 0 Å². The van der Waals surface area contributed by atoms with Crippen LogP contribution in [0, 0.1) is 0 Å². The summed E-state index contributed by atoms with van der Waals surface area (Å²) in [4.78, 5) is 10.4. The third kappa shape index (κ3) is 3.11. The minimum absolute atomic E-state index is 0.521. The number of piperazine rings is 1. The summed E-state index contributed by atoms with van der Waals surface area (Å²) in [6.45, 7) is 3.21. The molecule has 1 aliphatic heterocycles. The minimum Gasteiger partial charge on any atom is -0.342 e. The number of halogens is 1. The Balaban J connectivity index is 1.71. The first kappa shape index (κ1) is 13.8. The molecule has 1 saturated heterocycles. The van der Waals surface area contributed by atoms with Crippen LogP contribution >= 0.6 is 15.9 Å². The maximum absolute atomic E-state index is 4.52. The van der Waals surface area contributed by atoms with Crippen LogP contribution in [-0.4, -0.2) is 47.6 Å². The average molecular weight is 335 g/mol. The van der Waals surface area contributed by atoms with Crippen molar-refractivity contribution in [2.24, 2.45) is 0 Å². The molecule has 3 rings (SSSR count). The van der Waals surface area contributed by atoms with Crippen LogP contribution < -0.4 is 5.32 Å². The molecule has 1 aromatic heterocycles. The number of nitrogens with one attached hydrogen (secondary N) is 2. The highest BCUT2D eigenvalue weighted by molar-refractivity contribution is 9.10. The second kappa shape index (κ2) is 6.08. The van der Waals surface area contributed by atoms with Crippen molar-refractivity contribution in [3.05, 3.63) is 40.8 Å². The van der Waals surface area contributed by atoms with Gasteiger partial charge in [-0.2, -0.15) is 0 Å². The van der Waals surface area contributed by atoms with Crippen molar-refractivity contribution in [2.75, 3.05) is 26.7 Å². The zero-order chi connectivity index (χ0) is 13.9. The predicted octanol–water partition coefficient (Wildman–Crippen LogP) is 2.29. The summed E-state index contributed by atoms with van der Waals surface area (Å²) >= 11 is 3.46. The van der Waals surface area contributed by atoms with Gasteiger partial charge >= 0.3 is 0 Å². The summed E-state index contributed by atoms with van der Waals surface area (Å²) < 4.78 is 1.09. The molecule has 0 spiro atoms. The van der Waals surface area contributed by atoms with E-state index in [1.54, 1.807) is 0 Å². The molecule has 20 heavy (non-hydrogen) atoms. The number of aromatic nitrogens is 2. The quantitative estimate of drug-likeness (QED) is 0.905. The molecule has 0 radical (unpaired) electrons. The minimum atomic E-state index is 0.521. The molecule has 1 fully saturated rings. The third-order valence-corrected chi connectivity index (χ3v) is 4.39. The lowest BCUT2D eigenvalue weighted by Gasteiger charge is -2.32. The van der Waals surface area contributed by atoms with Crippen molar-refractivity contribution in [3.8, 4) is 11.3 Å². The SMILES string of the molecule is CN1CCNCC1Cc1ncc(-c2ccc(Br)cc2)[nH]1. The van der Waals surface area contributed by atoms with E-state index in [2.05, 4.69) is 67.4 Å². The highest BCUT2D eigenvalue weighted by atomic mass is 79.9. The van der Waals surface area contributed by atoms with Gasteiger partial charge < -0.3 is 15.2 Å². The first-order valence-electron chi connectivity index (χ1n) is 6.93. The molecule has 4 nitrogen and oxygen atoms in total. The van der Waals surface area contributed by atoms with E-state index in [0.717, 1.165) is 42.0 Å². The fourth-order valence-electron chi connectivity index (χ4n) is 2.56. The van der Waals surface area contributed by atoms with Gasteiger partial charge in [0.05, 0.1) is 11.9 Å². The van der Waals surface area contributed by atoms with E-state index in [1.807, 2.05) is 6.20 Å². The van der Waals surface area contributed by atoms with Gasteiger partial charge in [0, 0.05) is 36.6 Å². The fraction of sp³-hybridized carbons (Fsp3) is 0.400. The Bertz CT molecular complexity index is 564. The Morgan fingerprint density at radius 3 is 2.90 bits per heavy atom. The summed E-state index contributed by atoms with van der Waals surface area (Å²) in [7, 11) is 2.18. The van der Waals surface area contributed by atoms with Gasteiger partial charge in [-0.15, -0.1) is 0 Å². The summed E-state index contributed by atoms with van der Waals surface area (Å²) in [6, 6.07) is 8.81. The molecule has 2 heterocycles. The molecule has 0 aliphatic carbocycles. The van der Waals surface area contributed by atoms with Gasteiger partial charge in [-0.3, -0.25) is 0 Å². The van der Waals surface area contributed by atoms with Gasteiger partial charge in [-0.1, -0.05) is 28.1 Å². The highest BCUT2D eigenvalue weighted by Gasteiger charge is 2.20. The van der Waals surface area contributed by atoms with E-state index >= 15 is 0 Å². The van der Waals surface area contributed by atoms with Crippen molar-refractivity contribution >= 4 is 15.9 Å². The molecular weight excluding hydrogens is 316 g/mol. The Hall–Kier alpha value is -1.17. The van der Waals surface area contributed by atoms with Crippen LogP contribution in [0.25, 0.3) is 11.3 Å². The standard InChI is InChI=1S/C15H19BrN4/c1-20-7-6-17-9-13(20)8-15-18-10-14(19-15)11-2-4-12(16)5-3-11/h2-5,10,13,17H,6-9H2,1H3,(H,18,19). The number of hydrogen-bond acceptors (Lipinski definition) is 3. The molecule has 2 N–H and O–H groups in total. The number of benzene rings is 1. The van der Waals surface area contributed by atoms with Crippen molar-refractivity contribution < 1.29 is 0 Å². The lowest BCUT2D eigenvalue weighted by atomic mass is 10.1. The first-order valence-corrected chi connectivity index (χ1v) is 7.72. The van der Waals surface area contributed by atoms with Gasteiger partial charge in [0.25, 0.3) is 0 Å². The molecule has 0 bridgehead atoms. The van der Waals surface area contributed by atoms with Crippen LogP contribution in [0.15, 0.2) is 34.9 Å². The van der Waals surface area contributed by atoms with E-state index < -0.39 is 0 Å². The molecule has 1 aliphatic rings. The van der Waals surface area contributed by atoms with E-state index in [-0.39, 0.29) is 0 Å². The second-order valence-electron chi connectivity index (χ2n) is 5.29. The first-order chi connectivity index (χ1) is 9.72. The number of hydrogen-bond donors (Lipinski definition) is 2. The fourth-order valence-corrected chi connectivity index (χ4v) is 2.82. The molecule has 1 unspecified atom stereocenters. The number of rotatable bonds is 3. The van der Waals surface area contributed by atoms with E-state index in [1.165, 1.54) is 5.56 Å². The number of likely N-dealkylation sites (N-methyl/N-ethyl adjacent to an activating group) is 1. The van der Waals surface area contributed by atoms with Crippen LogP contribution in [0.2, 0.25) is 0 Å². The van der Waals surface area contributed by atoms with Gasteiger partial charge in [0.1, 0.15) is 5.82 Å². The predicted molar refractivity (Wildman–Crippen MR) is 84.7 cm³/mol. The number of H-pyrrole nitrogens is 1. The number of imidazole rings is 1. The van der Waals surface area contributed by atoms with Crippen molar-refractivity contribution in [2.45, 2.75) is 12.5 Å². The van der Waals surface area contributed by atoms with Gasteiger partial charge in [0.2, 0.25) is 0 Å². The lowest BCUT2D eigenvalue weighted by molar-refractivity contribution is 0.197. The zero-order valence-corrected chi connectivity index (χ0v) is 13.2. The molecule has 1 atom stereocenters. The van der Waals surface area contributed by atoms with Crippen LogP contribution in [0.4, 0.5) is 0 Å². The van der Waals surface area contributed by atoms with E-state index in [4.69, 9.17) is 0 Å². The van der Waals surface area contributed by atoms with Crippen LogP contribution in [-0.2, 0) is 6.42 Å². The molecule has 2 aromatic rings. The Morgan fingerprint density at radius 2 is 2.15 bits per heavy atom. The van der Waals surface area contributed by atoms with Crippen molar-refractivity contribution in [1.82, 2.24) is 20.2 Å². The normalized spacial score (nSPS) is 20.2. The molecule has 106 valence electrons. The summed E-state index contributed by atoms with van der Waals surface area (Å²) in [6.07, 6.45) is 2.88. The smallest absolute Gasteiger partial charge is 0.108 e. The Morgan fingerprint density at radius 1 is 1.35 bits per heavy atom. The average Bonchev–Trinajstić information content (AvgIpc) is 2.91. The van der Waals surface area contributed by atoms with Crippen molar-refractivity contribution in [1.29, 1.82) is 0 Å². The summed E-state index contributed by atoms with van der Waals surface area (Å²) in [5, 5.41) is 3.44. The molecular formula is C15H19BrN4. The monoisotopic (exact) mass is 334 g/mol. The largest absolute Gasteiger partial charge is 0.342 e. The molecule has 0 saturated carbocycles. The Kier molecular flexibility index (Phi) is 4.19. The third-order valence-electron chi connectivity index (χ3n) is 3.86. The van der Waals surface area contributed by atoms with E-state index in [9.17, 15) is 0 Å². The van der Waals surface area contributed by atoms with Crippen LogP contribution in [0.3, 0.4) is 0 Å². The van der Waals surface area contributed by atoms with Crippen LogP contribution in [0.5, 0.6) is 0 Å². The maximum atomic E-state index is 4.52. The second-order valence-corrected chi connectivity index (χ2v) is 6.21. The van der Waals surface area contributed by atoms with Gasteiger partial charge in [-0.05, 0) is 24.7 Å². The lowest BCUT2D eigenvalue weighted by Crippen LogP contribution is -2.50. The summed E-state index contributed by atoms with van der Waals surface area (Å²) in [5.41, 5.74) is 2.25. The molecule has 1 aromatic carbocycles. The number of aromatic amines is 1. The van der Waals surface area contributed by atoms with Crippen LogP contribution in [0.1, 0.15) is 5.82 Å². The van der Waals surface area contributed by atoms with Gasteiger partial charge in [0.15, 0.2) is 0 Å². The zero-order valence-electron chi connectivity index (χ0n) is 11.6. The van der Waals surface area contributed by atoms with Gasteiger partial charge in [-0.25, -0.2) is 4.98 Å². The highest BCUT2D eigenvalue weighted by Crippen LogP contribution is 2.20. The Labute approximate surface area is 127 Å². The molecule has 0 amide bonds.